The summed E-state index contributed by atoms with van der Waals surface area (Å²) >= 11 is 0. The second-order valence-corrected chi connectivity index (χ2v) is 12.4. The molecule has 0 radical (unpaired) electrons. The molecule has 9 nitrogen and oxygen atoms in total. The van der Waals surface area contributed by atoms with Crippen molar-refractivity contribution in [3.63, 3.8) is 0 Å². The Morgan fingerprint density at radius 2 is 1.56 bits per heavy atom. The van der Waals surface area contributed by atoms with E-state index in [0.29, 0.717) is 17.9 Å². The van der Waals surface area contributed by atoms with Crippen LogP contribution in [0.25, 0.3) is 0 Å². The molecule has 0 aliphatic carbocycles. The summed E-state index contributed by atoms with van der Waals surface area (Å²) < 4.78 is 53.5. The maximum Gasteiger partial charge on any atom is 0.264 e. The van der Waals surface area contributed by atoms with Crippen molar-refractivity contribution < 1.29 is 31.9 Å². The van der Waals surface area contributed by atoms with Crippen molar-refractivity contribution in [3.05, 3.63) is 83.7 Å². The van der Waals surface area contributed by atoms with Crippen LogP contribution in [0.4, 0.5) is 10.1 Å². The van der Waals surface area contributed by atoms with Crippen molar-refractivity contribution in [1.82, 2.24) is 10.2 Å². The summed E-state index contributed by atoms with van der Waals surface area (Å²) in [5, 5.41) is 2.88. The Morgan fingerprint density at radius 3 is 2.12 bits per heavy atom. The van der Waals surface area contributed by atoms with Crippen molar-refractivity contribution in [1.29, 1.82) is 0 Å². The van der Waals surface area contributed by atoms with Gasteiger partial charge in [0.05, 0.1) is 24.8 Å². The van der Waals surface area contributed by atoms with Crippen molar-refractivity contribution >= 4 is 27.5 Å². The molecule has 0 fully saturated rings. The second-order valence-electron chi connectivity index (χ2n) is 10.6. The van der Waals surface area contributed by atoms with Crippen molar-refractivity contribution in [2.24, 2.45) is 5.92 Å². The van der Waals surface area contributed by atoms with Crippen LogP contribution in [-0.2, 0) is 26.2 Å². The van der Waals surface area contributed by atoms with Gasteiger partial charge in [-0.3, -0.25) is 13.9 Å². The van der Waals surface area contributed by atoms with Crippen LogP contribution in [0.1, 0.15) is 38.3 Å². The predicted octanol–water partition coefficient (Wildman–Crippen LogP) is 4.93. The minimum Gasteiger partial charge on any atom is -0.493 e. The Labute approximate surface area is 253 Å². The molecule has 0 bridgehead atoms. The summed E-state index contributed by atoms with van der Waals surface area (Å²) in [5.41, 5.74) is 1.77. The van der Waals surface area contributed by atoms with E-state index in [1.165, 1.54) is 61.6 Å². The molecule has 1 N–H and O–H groups in total. The molecule has 2 amide bonds. The first kappa shape index (κ1) is 33.4. The van der Waals surface area contributed by atoms with E-state index in [4.69, 9.17) is 9.47 Å². The fraction of sp³-hybridized carbons (Fsp3) is 0.375. The fourth-order valence-electron chi connectivity index (χ4n) is 4.47. The zero-order chi connectivity index (χ0) is 31.7. The van der Waals surface area contributed by atoms with E-state index in [1.807, 2.05) is 20.8 Å². The summed E-state index contributed by atoms with van der Waals surface area (Å²) in [4.78, 5) is 28.7. The molecule has 43 heavy (non-hydrogen) atoms. The summed E-state index contributed by atoms with van der Waals surface area (Å²) in [6, 6.07) is 15.7. The fourth-order valence-corrected chi connectivity index (χ4v) is 5.90. The van der Waals surface area contributed by atoms with E-state index in [-0.39, 0.29) is 41.1 Å². The van der Waals surface area contributed by atoms with Crippen molar-refractivity contribution in [2.75, 3.05) is 31.6 Å². The maximum atomic E-state index is 14.1. The van der Waals surface area contributed by atoms with E-state index in [9.17, 15) is 22.4 Å². The number of hydrogen-bond acceptors (Lipinski definition) is 6. The standard InChI is InChI=1S/C32H40FN3O6S/c1-7-28(32(38)34-19-22(2)3)35(20-24-10-12-25(33)13-11-24)31(37)21-36(26-14-8-23(4)9-15-26)43(39,40)27-16-17-29(41-5)30(18-27)42-6/h8-18,22,28H,7,19-21H2,1-6H3,(H,34,38)/t28-/m1/s1. The van der Waals surface area contributed by atoms with Crippen LogP contribution in [0.5, 0.6) is 11.5 Å². The molecule has 3 rings (SSSR count). The number of carbonyl (C=O) groups excluding carboxylic acids is 2. The highest BCUT2D eigenvalue weighted by Gasteiger charge is 2.34. The smallest absolute Gasteiger partial charge is 0.264 e. The van der Waals surface area contributed by atoms with Crippen LogP contribution in [0.2, 0.25) is 0 Å². The van der Waals surface area contributed by atoms with E-state index in [2.05, 4.69) is 5.32 Å². The number of sulfonamides is 1. The van der Waals surface area contributed by atoms with E-state index < -0.39 is 34.3 Å². The minimum atomic E-state index is -4.31. The third-order valence-corrected chi connectivity index (χ3v) is 8.65. The number of methoxy groups -OCH3 is 2. The first-order valence-electron chi connectivity index (χ1n) is 14.0. The number of benzene rings is 3. The van der Waals surface area contributed by atoms with E-state index in [1.54, 1.807) is 31.2 Å². The molecule has 1 atom stereocenters. The average Bonchev–Trinajstić information content (AvgIpc) is 2.99. The van der Waals surface area contributed by atoms with Gasteiger partial charge in [-0.05, 0) is 61.2 Å². The van der Waals surface area contributed by atoms with E-state index >= 15 is 0 Å². The highest BCUT2D eigenvalue weighted by molar-refractivity contribution is 7.92. The Bertz CT molecular complexity index is 1490. The molecule has 0 heterocycles. The number of ether oxygens (including phenoxy) is 2. The number of amides is 2. The second kappa shape index (κ2) is 14.9. The molecule has 0 saturated heterocycles. The van der Waals surface area contributed by atoms with Crippen LogP contribution >= 0.6 is 0 Å². The summed E-state index contributed by atoms with van der Waals surface area (Å²) in [5.74, 6) is -0.634. The van der Waals surface area contributed by atoms with Crippen molar-refractivity contribution in [3.8, 4) is 11.5 Å². The zero-order valence-corrected chi connectivity index (χ0v) is 26.3. The molecule has 3 aromatic rings. The molecule has 0 aliphatic rings. The number of rotatable bonds is 14. The van der Waals surface area contributed by atoms with Gasteiger partial charge in [-0.1, -0.05) is 50.6 Å². The van der Waals surface area contributed by atoms with E-state index in [0.717, 1.165) is 9.87 Å². The molecule has 0 saturated carbocycles. The lowest BCUT2D eigenvalue weighted by atomic mass is 10.1. The number of nitrogens with one attached hydrogen (secondary N) is 1. The molecule has 232 valence electrons. The van der Waals surface area contributed by atoms with Gasteiger partial charge in [0, 0.05) is 19.2 Å². The Morgan fingerprint density at radius 1 is 0.930 bits per heavy atom. The third kappa shape index (κ3) is 8.47. The quantitative estimate of drug-likeness (QED) is 0.277. The van der Waals surface area contributed by atoms with Gasteiger partial charge in [-0.25, -0.2) is 12.8 Å². The molecule has 11 heteroatoms. The van der Waals surface area contributed by atoms with Gasteiger partial charge >= 0.3 is 0 Å². The number of anilines is 1. The zero-order valence-electron chi connectivity index (χ0n) is 25.5. The van der Waals surface area contributed by atoms with Crippen molar-refractivity contribution in [2.45, 2.75) is 51.6 Å². The van der Waals surface area contributed by atoms with Gasteiger partial charge in [0.15, 0.2) is 11.5 Å². The topological polar surface area (TPSA) is 105 Å². The first-order chi connectivity index (χ1) is 20.4. The van der Waals surface area contributed by atoms with Gasteiger partial charge in [0.1, 0.15) is 18.4 Å². The molecule has 0 unspecified atom stereocenters. The van der Waals surface area contributed by atoms with Crippen LogP contribution < -0.4 is 19.1 Å². The van der Waals surface area contributed by atoms with Gasteiger partial charge < -0.3 is 19.7 Å². The largest absolute Gasteiger partial charge is 0.493 e. The predicted molar refractivity (Wildman–Crippen MR) is 164 cm³/mol. The molecular weight excluding hydrogens is 573 g/mol. The van der Waals surface area contributed by atoms with Gasteiger partial charge in [-0.15, -0.1) is 0 Å². The molecule has 0 aliphatic heterocycles. The highest BCUT2D eigenvalue weighted by Crippen LogP contribution is 2.32. The van der Waals surface area contributed by atoms with Gasteiger partial charge in [0.2, 0.25) is 11.8 Å². The minimum absolute atomic E-state index is 0.0230. The maximum absolute atomic E-state index is 14.1. The molecule has 0 aromatic heterocycles. The van der Waals surface area contributed by atoms with Crippen LogP contribution in [0.3, 0.4) is 0 Å². The summed E-state index contributed by atoms with van der Waals surface area (Å²) in [7, 11) is -1.46. The van der Waals surface area contributed by atoms with Crippen LogP contribution in [0, 0.1) is 18.7 Å². The summed E-state index contributed by atoms with van der Waals surface area (Å²) in [6.45, 7) is 7.37. The lowest BCUT2D eigenvalue weighted by molar-refractivity contribution is -0.140. The molecular formula is C32H40FN3O6S. The third-order valence-electron chi connectivity index (χ3n) is 6.88. The number of aryl methyl sites for hydroxylation is 1. The Hall–Kier alpha value is -4.12. The monoisotopic (exact) mass is 613 g/mol. The van der Waals surface area contributed by atoms with Gasteiger partial charge in [-0.2, -0.15) is 0 Å². The average molecular weight is 614 g/mol. The number of hydrogen-bond donors (Lipinski definition) is 1. The SMILES string of the molecule is CC[C@H](C(=O)NCC(C)C)N(Cc1ccc(F)cc1)C(=O)CN(c1ccc(C)cc1)S(=O)(=O)c1ccc(OC)c(OC)c1. The Balaban J connectivity index is 2.08. The Kier molecular flexibility index (Phi) is 11.5. The lowest BCUT2D eigenvalue weighted by Gasteiger charge is -2.33. The van der Waals surface area contributed by atoms with Crippen LogP contribution in [-0.4, -0.2) is 58.5 Å². The summed E-state index contributed by atoms with van der Waals surface area (Å²) in [6.07, 6.45) is 0.282. The number of halogens is 1. The van der Waals surface area contributed by atoms with Gasteiger partial charge in [0.25, 0.3) is 10.0 Å². The number of nitrogens with zero attached hydrogens (tertiary/aromatic N) is 2. The number of carbonyl (C=O) groups is 2. The van der Waals surface area contributed by atoms with Crippen LogP contribution in [0.15, 0.2) is 71.6 Å². The normalized spacial score (nSPS) is 12.0. The molecule has 0 spiro atoms. The highest BCUT2D eigenvalue weighted by atomic mass is 32.2. The lowest BCUT2D eigenvalue weighted by Crippen LogP contribution is -2.52. The molecule has 3 aromatic carbocycles. The first-order valence-corrected chi connectivity index (χ1v) is 15.5.